The van der Waals surface area contributed by atoms with Crippen LogP contribution in [0.25, 0.3) is 0 Å². The van der Waals surface area contributed by atoms with Crippen LogP contribution >= 0.6 is 0 Å². The number of hydrogen-bond donors (Lipinski definition) is 1. The Kier molecular flexibility index (Phi) is 4.57. The van der Waals surface area contributed by atoms with Crippen molar-refractivity contribution in [1.29, 1.82) is 0 Å². The van der Waals surface area contributed by atoms with Gasteiger partial charge in [-0.2, -0.15) is 0 Å². The first-order valence-electron chi connectivity index (χ1n) is 6.07. The zero-order valence-corrected chi connectivity index (χ0v) is 12.2. The number of sulfonamides is 1. The highest BCUT2D eigenvalue weighted by Gasteiger charge is 2.20. The fourth-order valence-corrected chi connectivity index (χ4v) is 2.29. The largest absolute Gasteiger partial charge is 0.482 e. The zero-order chi connectivity index (χ0) is 17.2. The molecule has 0 aliphatic rings. The van der Waals surface area contributed by atoms with Gasteiger partial charge in [-0.05, 0) is 18.2 Å². The van der Waals surface area contributed by atoms with Crippen LogP contribution in [-0.2, 0) is 16.6 Å². The van der Waals surface area contributed by atoms with E-state index in [1.807, 2.05) is 0 Å². The molecular weight excluding hydrogens is 334 g/mol. The van der Waals surface area contributed by atoms with Gasteiger partial charge in [-0.3, -0.25) is 10.1 Å². The Labute approximate surface area is 129 Å². The van der Waals surface area contributed by atoms with E-state index in [2.05, 4.69) is 0 Å². The lowest BCUT2D eigenvalue weighted by Gasteiger charge is -2.09. The number of nitrogens with zero attached hydrogens (tertiary/aromatic N) is 1. The molecule has 0 heterocycles. The highest BCUT2D eigenvalue weighted by atomic mass is 32.2. The number of rotatable bonds is 5. The fourth-order valence-electron chi connectivity index (χ4n) is 1.75. The molecule has 122 valence electrons. The Hall–Kier alpha value is -2.59. The number of nitro benzene ring substituents is 1. The Balaban J connectivity index is 2.33. The van der Waals surface area contributed by atoms with Crippen molar-refractivity contribution in [3.05, 3.63) is 63.7 Å². The van der Waals surface area contributed by atoms with Crippen LogP contribution < -0.4 is 9.88 Å². The van der Waals surface area contributed by atoms with E-state index >= 15 is 0 Å². The molecule has 0 fully saturated rings. The van der Waals surface area contributed by atoms with Gasteiger partial charge in [0, 0.05) is 11.6 Å². The average Bonchev–Trinajstić information content (AvgIpc) is 2.47. The maximum Gasteiger partial charge on any atom is 0.312 e. The molecule has 0 saturated carbocycles. The first kappa shape index (κ1) is 16.8. The van der Waals surface area contributed by atoms with Gasteiger partial charge in [0.2, 0.25) is 10.0 Å². The summed E-state index contributed by atoms with van der Waals surface area (Å²) in [6, 6.07) is 6.20. The summed E-state index contributed by atoms with van der Waals surface area (Å²) < 4.78 is 54.1. The molecule has 0 atom stereocenters. The number of primary sulfonamides is 1. The van der Waals surface area contributed by atoms with E-state index in [1.165, 1.54) is 12.1 Å². The molecule has 0 aromatic heterocycles. The molecule has 23 heavy (non-hydrogen) atoms. The van der Waals surface area contributed by atoms with Crippen LogP contribution in [-0.4, -0.2) is 13.3 Å². The number of nitro groups is 1. The van der Waals surface area contributed by atoms with Gasteiger partial charge in [0.25, 0.3) is 0 Å². The second kappa shape index (κ2) is 6.26. The molecule has 0 bridgehead atoms. The standard InChI is InChI=1S/C13H10F2N2O5S/c14-10-3-1-2-8(13(10)15)7-22-12-5-4-9(23(16,20)21)6-11(12)17(18)19/h1-6H,7H2,(H2,16,20,21). The molecule has 0 spiro atoms. The second-order valence-electron chi connectivity index (χ2n) is 4.43. The topological polar surface area (TPSA) is 113 Å². The van der Waals surface area contributed by atoms with Gasteiger partial charge in [-0.15, -0.1) is 0 Å². The quantitative estimate of drug-likeness (QED) is 0.659. The summed E-state index contributed by atoms with van der Waals surface area (Å²) in [5.41, 5.74) is -0.803. The van der Waals surface area contributed by atoms with Gasteiger partial charge in [0.15, 0.2) is 17.4 Å². The normalized spacial score (nSPS) is 11.3. The van der Waals surface area contributed by atoms with Crippen molar-refractivity contribution in [2.45, 2.75) is 11.5 Å². The van der Waals surface area contributed by atoms with Gasteiger partial charge < -0.3 is 4.74 Å². The lowest BCUT2D eigenvalue weighted by molar-refractivity contribution is -0.386. The summed E-state index contributed by atoms with van der Waals surface area (Å²) in [4.78, 5) is 9.66. The van der Waals surface area contributed by atoms with Gasteiger partial charge in [0.05, 0.1) is 9.82 Å². The van der Waals surface area contributed by atoms with Gasteiger partial charge >= 0.3 is 5.69 Å². The third-order valence-electron chi connectivity index (χ3n) is 2.87. The lowest BCUT2D eigenvalue weighted by Crippen LogP contribution is -2.12. The molecule has 2 rings (SSSR count). The van der Waals surface area contributed by atoms with Crippen molar-refractivity contribution in [3.63, 3.8) is 0 Å². The van der Waals surface area contributed by atoms with Crippen LogP contribution in [0.5, 0.6) is 5.75 Å². The zero-order valence-electron chi connectivity index (χ0n) is 11.4. The summed E-state index contributed by atoms with van der Waals surface area (Å²) in [5.74, 6) is -2.51. The number of benzene rings is 2. The molecule has 0 aliphatic carbocycles. The summed E-state index contributed by atoms with van der Waals surface area (Å²) in [5, 5.41) is 15.9. The first-order chi connectivity index (χ1) is 10.7. The number of ether oxygens (including phenoxy) is 1. The highest BCUT2D eigenvalue weighted by Crippen LogP contribution is 2.30. The predicted octanol–water partition coefficient (Wildman–Crippen LogP) is 2.10. The van der Waals surface area contributed by atoms with Crippen molar-refractivity contribution in [1.82, 2.24) is 0 Å². The van der Waals surface area contributed by atoms with Crippen molar-refractivity contribution in [2.24, 2.45) is 5.14 Å². The van der Waals surface area contributed by atoms with E-state index in [9.17, 15) is 27.3 Å². The Bertz CT molecular complexity index is 871. The van der Waals surface area contributed by atoms with E-state index in [0.29, 0.717) is 0 Å². The van der Waals surface area contributed by atoms with E-state index in [1.54, 1.807) is 0 Å². The molecule has 7 nitrogen and oxygen atoms in total. The van der Waals surface area contributed by atoms with Gasteiger partial charge in [-0.25, -0.2) is 22.3 Å². The Morgan fingerprint density at radius 1 is 1.22 bits per heavy atom. The van der Waals surface area contributed by atoms with E-state index in [4.69, 9.17) is 9.88 Å². The van der Waals surface area contributed by atoms with Crippen LogP contribution in [0, 0.1) is 21.7 Å². The molecule has 2 N–H and O–H groups in total. The summed E-state index contributed by atoms with van der Waals surface area (Å²) >= 11 is 0. The molecule has 0 amide bonds. The van der Waals surface area contributed by atoms with Gasteiger partial charge in [0.1, 0.15) is 6.61 Å². The van der Waals surface area contributed by atoms with E-state index in [-0.39, 0.29) is 11.3 Å². The molecular formula is C13H10F2N2O5S. The van der Waals surface area contributed by atoms with Crippen molar-refractivity contribution in [3.8, 4) is 5.75 Å². The Morgan fingerprint density at radius 2 is 1.91 bits per heavy atom. The van der Waals surface area contributed by atoms with Crippen LogP contribution in [0.2, 0.25) is 0 Å². The van der Waals surface area contributed by atoms with Gasteiger partial charge in [-0.1, -0.05) is 12.1 Å². The smallest absolute Gasteiger partial charge is 0.312 e. The predicted molar refractivity (Wildman–Crippen MR) is 75.2 cm³/mol. The lowest BCUT2D eigenvalue weighted by atomic mass is 10.2. The number of hydrogen-bond acceptors (Lipinski definition) is 5. The van der Waals surface area contributed by atoms with Crippen LogP contribution in [0.15, 0.2) is 41.3 Å². The van der Waals surface area contributed by atoms with E-state index in [0.717, 1.165) is 24.3 Å². The minimum absolute atomic E-state index is 0.144. The van der Waals surface area contributed by atoms with Crippen LogP contribution in [0.3, 0.4) is 0 Å². The first-order valence-corrected chi connectivity index (χ1v) is 7.61. The van der Waals surface area contributed by atoms with Crippen LogP contribution in [0.4, 0.5) is 14.5 Å². The Morgan fingerprint density at radius 3 is 2.52 bits per heavy atom. The SMILES string of the molecule is NS(=O)(=O)c1ccc(OCc2cccc(F)c2F)c([N+](=O)[O-])c1. The molecule has 2 aromatic carbocycles. The molecule has 0 unspecified atom stereocenters. The number of halogens is 2. The highest BCUT2D eigenvalue weighted by molar-refractivity contribution is 7.89. The monoisotopic (exact) mass is 344 g/mol. The third kappa shape index (κ3) is 3.79. The van der Waals surface area contributed by atoms with Crippen molar-refractivity contribution >= 4 is 15.7 Å². The third-order valence-corrected chi connectivity index (χ3v) is 3.78. The minimum atomic E-state index is -4.12. The van der Waals surface area contributed by atoms with E-state index < -0.39 is 43.8 Å². The molecule has 0 saturated heterocycles. The molecule has 2 aromatic rings. The summed E-state index contributed by atoms with van der Waals surface area (Å²) in [6.07, 6.45) is 0. The molecule has 0 aliphatic heterocycles. The summed E-state index contributed by atoms with van der Waals surface area (Å²) in [7, 11) is -4.12. The van der Waals surface area contributed by atoms with Crippen LogP contribution in [0.1, 0.15) is 5.56 Å². The van der Waals surface area contributed by atoms with Crippen molar-refractivity contribution < 1.29 is 26.9 Å². The second-order valence-corrected chi connectivity index (χ2v) is 5.99. The fraction of sp³-hybridized carbons (Fsp3) is 0.0769. The average molecular weight is 344 g/mol. The number of nitrogens with two attached hydrogens (primary N) is 1. The maximum atomic E-state index is 13.5. The summed E-state index contributed by atoms with van der Waals surface area (Å²) in [6.45, 7) is -0.473. The van der Waals surface area contributed by atoms with Crippen molar-refractivity contribution in [2.75, 3.05) is 0 Å². The minimum Gasteiger partial charge on any atom is -0.482 e. The maximum absolute atomic E-state index is 13.5. The molecule has 0 radical (unpaired) electrons. The molecule has 10 heteroatoms.